The fraction of sp³-hybridized carbons (Fsp3) is 0.733. The maximum Gasteiger partial charge on any atom is 0.318 e. The summed E-state index contributed by atoms with van der Waals surface area (Å²) < 4.78 is 23.4. The first-order chi connectivity index (χ1) is 10.8. The fourth-order valence-electron chi connectivity index (χ4n) is 2.74. The minimum absolute atomic E-state index is 0.0961. The summed E-state index contributed by atoms with van der Waals surface area (Å²) in [4.78, 5) is 17.4. The molecule has 1 atom stereocenters. The molecule has 1 unspecified atom stereocenters. The third kappa shape index (κ3) is 5.54. The van der Waals surface area contributed by atoms with Crippen molar-refractivity contribution in [2.45, 2.75) is 38.5 Å². The third-order valence-corrected chi connectivity index (χ3v) is 6.56. The van der Waals surface area contributed by atoms with E-state index in [0.29, 0.717) is 18.4 Å². The second-order valence-corrected chi connectivity index (χ2v) is 9.46. The van der Waals surface area contributed by atoms with Gasteiger partial charge in [0.2, 0.25) is 0 Å². The van der Waals surface area contributed by atoms with Crippen molar-refractivity contribution in [3.05, 3.63) is 16.1 Å². The van der Waals surface area contributed by atoms with Crippen molar-refractivity contribution in [2.75, 3.05) is 31.1 Å². The second kappa shape index (κ2) is 7.72. The smallest absolute Gasteiger partial charge is 0.318 e. The summed E-state index contributed by atoms with van der Waals surface area (Å²) in [5.74, 6) is -1.40. The summed E-state index contributed by atoms with van der Waals surface area (Å²) in [6.07, 6.45) is 2.09. The Balaban J connectivity index is 1.91. The first-order valence-electron chi connectivity index (χ1n) is 7.86. The van der Waals surface area contributed by atoms with Crippen LogP contribution < -0.4 is 0 Å². The number of aliphatic carboxylic acids is 1. The molecule has 2 rings (SSSR count). The van der Waals surface area contributed by atoms with Crippen LogP contribution in [0.5, 0.6) is 0 Å². The molecule has 0 saturated carbocycles. The largest absolute Gasteiger partial charge is 0.480 e. The number of sulfone groups is 1. The van der Waals surface area contributed by atoms with Gasteiger partial charge in [0, 0.05) is 24.4 Å². The first kappa shape index (κ1) is 18.4. The monoisotopic (exact) mass is 360 g/mol. The number of carboxylic acid groups (broad SMARTS) is 1. The molecule has 0 aliphatic carbocycles. The normalized spacial score (nSPS) is 20.0. The van der Waals surface area contributed by atoms with Crippen molar-refractivity contribution in [1.82, 2.24) is 9.88 Å². The molecule has 0 amide bonds. The van der Waals surface area contributed by atoms with E-state index in [1.165, 1.54) is 0 Å². The number of nitrogens with zero attached hydrogens (tertiary/aromatic N) is 2. The van der Waals surface area contributed by atoms with E-state index in [-0.39, 0.29) is 5.75 Å². The van der Waals surface area contributed by atoms with Gasteiger partial charge in [-0.15, -0.1) is 11.3 Å². The van der Waals surface area contributed by atoms with E-state index >= 15 is 0 Å². The van der Waals surface area contributed by atoms with Crippen molar-refractivity contribution in [3.63, 3.8) is 0 Å². The summed E-state index contributed by atoms with van der Waals surface area (Å²) in [5.41, 5.74) is 1.12. The number of hydrogen-bond acceptors (Lipinski definition) is 6. The second-order valence-electron chi connectivity index (χ2n) is 6.39. The molecular weight excluding hydrogens is 336 g/mol. The molecular formula is C15H24N2O4S2. The van der Waals surface area contributed by atoms with Crippen LogP contribution in [-0.4, -0.2) is 60.5 Å². The maximum atomic E-state index is 11.7. The third-order valence-electron chi connectivity index (χ3n) is 4.05. The number of thiazole rings is 1. The Labute approximate surface area is 141 Å². The lowest BCUT2D eigenvalue weighted by molar-refractivity contribution is -0.134. The number of carboxylic acids is 1. The van der Waals surface area contributed by atoms with Crippen LogP contribution in [0.4, 0.5) is 0 Å². The predicted octanol–water partition coefficient (Wildman–Crippen LogP) is 1.95. The van der Waals surface area contributed by atoms with Crippen molar-refractivity contribution >= 4 is 27.1 Å². The summed E-state index contributed by atoms with van der Waals surface area (Å²) in [6, 6.07) is 0. The van der Waals surface area contributed by atoms with Crippen molar-refractivity contribution in [2.24, 2.45) is 0 Å². The number of carbonyl (C=O) groups is 1. The number of rotatable bonds is 7. The summed E-state index contributed by atoms with van der Waals surface area (Å²) in [7, 11) is -3.52. The fourth-order valence-corrected chi connectivity index (χ4v) is 4.91. The average Bonchev–Trinajstić information content (AvgIpc) is 2.94. The molecule has 8 heteroatoms. The molecule has 6 nitrogen and oxygen atoms in total. The Morgan fingerprint density at radius 3 is 2.87 bits per heavy atom. The number of piperidine rings is 1. The highest BCUT2D eigenvalue weighted by Gasteiger charge is 2.25. The Hall–Kier alpha value is -0.990. The van der Waals surface area contributed by atoms with Crippen LogP contribution in [0.2, 0.25) is 0 Å². The van der Waals surface area contributed by atoms with Crippen LogP contribution in [-0.2, 0) is 14.6 Å². The van der Waals surface area contributed by atoms with Crippen LogP contribution >= 0.6 is 11.3 Å². The Morgan fingerprint density at radius 1 is 1.52 bits per heavy atom. The van der Waals surface area contributed by atoms with Gasteiger partial charge in [0.05, 0.1) is 16.5 Å². The number of likely N-dealkylation sites (tertiary alicyclic amines) is 1. The number of hydrogen-bond donors (Lipinski definition) is 1. The molecule has 0 radical (unpaired) electrons. The maximum absolute atomic E-state index is 11.7. The predicted molar refractivity (Wildman–Crippen MR) is 90.9 cm³/mol. The molecule has 1 aliphatic rings. The van der Waals surface area contributed by atoms with Crippen LogP contribution in [0.1, 0.15) is 49.2 Å². The van der Waals surface area contributed by atoms with E-state index in [0.717, 1.165) is 36.6 Å². The molecule has 0 bridgehead atoms. The molecule has 1 saturated heterocycles. The highest BCUT2D eigenvalue weighted by Crippen LogP contribution is 2.30. The minimum Gasteiger partial charge on any atom is -0.480 e. The topological polar surface area (TPSA) is 87.6 Å². The van der Waals surface area contributed by atoms with Crippen LogP contribution in [0.25, 0.3) is 0 Å². The Bertz CT molecular complexity index is 640. The zero-order chi connectivity index (χ0) is 17.0. The lowest BCUT2D eigenvalue weighted by Gasteiger charge is -2.31. The van der Waals surface area contributed by atoms with E-state index < -0.39 is 21.6 Å². The molecule has 1 aromatic rings. The Kier molecular flexibility index (Phi) is 6.16. The van der Waals surface area contributed by atoms with E-state index in [9.17, 15) is 13.2 Å². The molecule has 2 heterocycles. The van der Waals surface area contributed by atoms with Crippen molar-refractivity contribution in [3.8, 4) is 0 Å². The molecule has 0 spiro atoms. The highest BCUT2D eigenvalue weighted by molar-refractivity contribution is 7.92. The van der Waals surface area contributed by atoms with Gasteiger partial charge in [-0.1, -0.05) is 13.8 Å². The number of aromatic nitrogens is 1. The zero-order valence-corrected chi connectivity index (χ0v) is 15.2. The molecule has 1 aromatic heterocycles. The van der Waals surface area contributed by atoms with Crippen LogP contribution in [0.3, 0.4) is 0 Å². The van der Waals surface area contributed by atoms with E-state index in [2.05, 4.69) is 24.1 Å². The highest BCUT2D eigenvalue weighted by atomic mass is 32.2. The summed E-state index contributed by atoms with van der Waals surface area (Å²) in [6.45, 7) is 6.31. The molecule has 23 heavy (non-hydrogen) atoms. The van der Waals surface area contributed by atoms with Gasteiger partial charge < -0.3 is 10.0 Å². The molecule has 0 aromatic carbocycles. The van der Waals surface area contributed by atoms with E-state index in [1.54, 1.807) is 11.3 Å². The molecule has 1 N–H and O–H groups in total. The first-order valence-corrected chi connectivity index (χ1v) is 10.6. The van der Waals surface area contributed by atoms with Gasteiger partial charge in [0.25, 0.3) is 0 Å². The molecule has 1 fully saturated rings. The molecule has 1 aliphatic heterocycles. The van der Waals surface area contributed by atoms with Crippen LogP contribution in [0, 0.1) is 0 Å². The lowest BCUT2D eigenvalue weighted by atomic mass is 9.99. The Morgan fingerprint density at radius 2 is 2.26 bits per heavy atom. The van der Waals surface area contributed by atoms with Crippen molar-refractivity contribution < 1.29 is 18.3 Å². The lowest BCUT2D eigenvalue weighted by Crippen LogP contribution is -2.38. The van der Waals surface area contributed by atoms with Gasteiger partial charge in [-0.05, 0) is 25.3 Å². The van der Waals surface area contributed by atoms with E-state index in [1.807, 2.05) is 0 Å². The van der Waals surface area contributed by atoms with Gasteiger partial charge in [-0.3, -0.25) is 4.79 Å². The van der Waals surface area contributed by atoms with Gasteiger partial charge in [0.15, 0.2) is 9.84 Å². The average molecular weight is 361 g/mol. The quantitative estimate of drug-likeness (QED) is 0.799. The minimum atomic E-state index is -3.52. The van der Waals surface area contributed by atoms with Crippen molar-refractivity contribution in [1.29, 1.82) is 0 Å². The SMILES string of the molecule is CC(C)c1csc(C2CCCN(CCS(=O)(=O)CC(=O)O)C2)n1. The molecule has 130 valence electrons. The van der Waals surface area contributed by atoms with Gasteiger partial charge in [-0.25, -0.2) is 13.4 Å². The zero-order valence-electron chi connectivity index (χ0n) is 13.6. The van der Waals surface area contributed by atoms with Gasteiger partial charge in [0.1, 0.15) is 5.75 Å². The van der Waals surface area contributed by atoms with Crippen LogP contribution in [0.15, 0.2) is 5.38 Å². The standard InChI is InChI=1S/C15H24N2O4S2/c1-11(2)13-9-22-15(16-13)12-4-3-5-17(8-12)6-7-23(20,21)10-14(18)19/h9,11-12H,3-8,10H2,1-2H3,(H,18,19). The van der Waals surface area contributed by atoms with Gasteiger partial charge >= 0.3 is 5.97 Å². The van der Waals surface area contributed by atoms with Gasteiger partial charge in [-0.2, -0.15) is 0 Å². The summed E-state index contributed by atoms with van der Waals surface area (Å²) in [5, 5.41) is 11.9. The summed E-state index contributed by atoms with van der Waals surface area (Å²) >= 11 is 1.68. The van der Waals surface area contributed by atoms with E-state index in [4.69, 9.17) is 10.1 Å².